The Hall–Kier alpha value is -2.18. The number of hydrogen-bond donors (Lipinski definition) is 2. The topological polar surface area (TPSA) is 80.9 Å². The number of nitrogen functional groups attached to an aromatic ring is 1. The Labute approximate surface area is 136 Å². The van der Waals surface area contributed by atoms with Gasteiger partial charge in [-0.3, -0.25) is 4.79 Å². The van der Waals surface area contributed by atoms with Crippen molar-refractivity contribution < 1.29 is 4.79 Å². The standard InChI is InChI=1S/C15H13ClN4OS/c1-7-5-8(2)19-15-11(7)12(17)13(22-15)14(21)20-10-4-3-9(16)6-18-10/h3-6H,17H2,1-2H3,(H,18,20,21). The molecular weight excluding hydrogens is 320 g/mol. The predicted octanol–water partition coefficient (Wildman–Crippen LogP) is 3.80. The van der Waals surface area contributed by atoms with Crippen LogP contribution in [0.25, 0.3) is 10.2 Å². The van der Waals surface area contributed by atoms with E-state index in [2.05, 4.69) is 15.3 Å². The van der Waals surface area contributed by atoms with Crippen molar-refractivity contribution in [2.45, 2.75) is 13.8 Å². The number of nitrogens with zero attached hydrogens (tertiary/aromatic N) is 2. The Balaban J connectivity index is 1.99. The summed E-state index contributed by atoms with van der Waals surface area (Å²) in [5.74, 6) is 0.125. The number of nitrogens with two attached hydrogens (primary N) is 1. The van der Waals surface area contributed by atoms with Crippen molar-refractivity contribution >= 4 is 50.6 Å². The van der Waals surface area contributed by atoms with Crippen LogP contribution in [0.3, 0.4) is 0 Å². The van der Waals surface area contributed by atoms with E-state index < -0.39 is 0 Å². The molecule has 0 aliphatic rings. The van der Waals surface area contributed by atoms with Crippen LogP contribution in [-0.2, 0) is 0 Å². The maximum Gasteiger partial charge on any atom is 0.269 e. The van der Waals surface area contributed by atoms with Gasteiger partial charge in [0.2, 0.25) is 0 Å². The van der Waals surface area contributed by atoms with E-state index in [0.29, 0.717) is 21.4 Å². The van der Waals surface area contributed by atoms with Crippen LogP contribution < -0.4 is 11.1 Å². The maximum absolute atomic E-state index is 12.4. The van der Waals surface area contributed by atoms with Crippen LogP contribution in [0.2, 0.25) is 5.02 Å². The highest BCUT2D eigenvalue weighted by molar-refractivity contribution is 7.21. The number of rotatable bonds is 2. The Bertz CT molecular complexity index is 873. The zero-order valence-corrected chi connectivity index (χ0v) is 13.5. The quantitative estimate of drug-likeness (QED) is 0.748. The number of aromatic nitrogens is 2. The molecule has 0 saturated heterocycles. The smallest absolute Gasteiger partial charge is 0.269 e. The lowest BCUT2D eigenvalue weighted by atomic mass is 10.1. The van der Waals surface area contributed by atoms with Gasteiger partial charge in [0.05, 0.1) is 10.7 Å². The summed E-state index contributed by atoms with van der Waals surface area (Å²) >= 11 is 7.06. The van der Waals surface area contributed by atoms with Gasteiger partial charge in [-0.05, 0) is 37.6 Å². The minimum absolute atomic E-state index is 0.299. The molecule has 0 aromatic carbocycles. The first kappa shape index (κ1) is 14.7. The van der Waals surface area contributed by atoms with Crippen molar-refractivity contribution in [3.05, 3.63) is 45.6 Å². The first-order chi connectivity index (χ1) is 10.5. The Kier molecular flexibility index (Phi) is 3.72. The number of hydrogen-bond acceptors (Lipinski definition) is 5. The molecule has 0 atom stereocenters. The summed E-state index contributed by atoms with van der Waals surface area (Å²) in [6, 6.07) is 5.25. The third kappa shape index (κ3) is 2.63. The molecule has 112 valence electrons. The highest BCUT2D eigenvalue weighted by Crippen LogP contribution is 2.35. The molecule has 22 heavy (non-hydrogen) atoms. The second-order valence-electron chi connectivity index (χ2n) is 4.92. The molecular formula is C15H13ClN4OS. The largest absolute Gasteiger partial charge is 0.397 e. The monoisotopic (exact) mass is 332 g/mol. The van der Waals surface area contributed by atoms with E-state index in [1.807, 2.05) is 19.9 Å². The minimum atomic E-state index is -0.299. The molecule has 0 radical (unpaired) electrons. The zero-order valence-electron chi connectivity index (χ0n) is 12.0. The summed E-state index contributed by atoms with van der Waals surface area (Å²) in [6.07, 6.45) is 1.47. The average Bonchev–Trinajstić information content (AvgIpc) is 2.78. The first-order valence-electron chi connectivity index (χ1n) is 6.55. The van der Waals surface area contributed by atoms with Gasteiger partial charge in [-0.2, -0.15) is 0 Å². The molecule has 7 heteroatoms. The molecule has 3 heterocycles. The summed E-state index contributed by atoms with van der Waals surface area (Å²) in [5, 5.41) is 4.06. The molecule has 0 aliphatic heterocycles. The van der Waals surface area contributed by atoms with E-state index in [4.69, 9.17) is 17.3 Å². The van der Waals surface area contributed by atoms with Gasteiger partial charge < -0.3 is 11.1 Å². The molecule has 1 amide bonds. The fourth-order valence-corrected chi connectivity index (χ4v) is 3.48. The number of pyridine rings is 2. The summed E-state index contributed by atoms with van der Waals surface area (Å²) < 4.78 is 0. The fourth-order valence-electron chi connectivity index (χ4n) is 2.26. The number of amides is 1. The van der Waals surface area contributed by atoms with Crippen LogP contribution in [0.1, 0.15) is 20.9 Å². The van der Waals surface area contributed by atoms with Crippen LogP contribution in [0.5, 0.6) is 0 Å². The minimum Gasteiger partial charge on any atom is -0.397 e. The molecule has 3 aromatic heterocycles. The van der Waals surface area contributed by atoms with Gasteiger partial charge in [-0.1, -0.05) is 11.6 Å². The van der Waals surface area contributed by atoms with Gasteiger partial charge in [-0.15, -0.1) is 11.3 Å². The van der Waals surface area contributed by atoms with Crippen molar-refractivity contribution in [1.82, 2.24) is 9.97 Å². The molecule has 0 spiro atoms. The van der Waals surface area contributed by atoms with Crippen molar-refractivity contribution in [1.29, 1.82) is 0 Å². The lowest BCUT2D eigenvalue weighted by Gasteiger charge is -2.03. The van der Waals surface area contributed by atoms with Crippen molar-refractivity contribution in [2.75, 3.05) is 11.1 Å². The lowest BCUT2D eigenvalue weighted by molar-refractivity contribution is 0.103. The number of thiophene rings is 1. The van der Waals surface area contributed by atoms with Crippen molar-refractivity contribution in [2.24, 2.45) is 0 Å². The zero-order chi connectivity index (χ0) is 15.9. The van der Waals surface area contributed by atoms with E-state index in [9.17, 15) is 4.79 Å². The molecule has 3 aromatic rings. The number of nitrogens with one attached hydrogen (secondary N) is 1. The van der Waals surface area contributed by atoms with Crippen LogP contribution in [0.4, 0.5) is 11.5 Å². The molecule has 0 aliphatic carbocycles. The second kappa shape index (κ2) is 5.55. The Morgan fingerprint density at radius 1 is 1.36 bits per heavy atom. The third-order valence-corrected chi connectivity index (χ3v) is 4.52. The van der Waals surface area contributed by atoms with Crippen molar-refractivity contribution in [3.8, 4) is 0 Å². The SMILES string of the molecule is Cc1cc(C)c2c(N)c(C(=O)Nc3ccc(Cl)cn3)sc2n1. The van der Waals surface area contributed by atoms with E-state index in [1.54, 1.807) is 12.1 Å². The number of carbonyl (C=O) groups excluding carboxylic acids is 1. The van der Waals surface area contributed by atoms with Crippen LogP contribution in [-0.4, -0.2) is 15.9 Å². The van der Waals surface area contributed by atoms with Crippen molar-refractivity contribution in [3.63, 3.8) is 0 Å². The normalized spacial score (nSPS) is 10.9. The Morgan fingerprint density at radius 3 is 2.82 bits per heavy atom. The van der Waals surface area contributed by atoms with Gasteiger partial charge in [0.1, 0.15) is 15.5 Å². The summed E-state index contributed by atoms with van der Waals surface area (Å²) in [7, 11) is 0. The van der Waals surface area contributed by atoms with Crippen LogP contribution in [0, 0.1) is 13.8 Å². The number of halogens is 1. The predicted molar refractivity (Wildman–Crippen MR) is 90.7 cm³/mol. The highest BCUT2D eigenvalue weighted by atomic mass is 35.5. The summed E-state index contributed by atoms with van der Waals surface area (Å²) in [5.41, 5.74) is 8.51. The van der Waals surface area contributed by atoms with E-state index in [0.717, 1.165) is 21.5 Å². The highest BCUT2D eigenvalue weighted by Gasteiger charge is 2.19. The number of carbonyl (C=O) groups is 1. The van der Waals surface area contributed by atoms with Gasteiger partial charge in [0.15, 0.2) is 0 Å². The molecule has 5 nitrogen and oxygen atoms in total. The van der Waals surface area contributed by atoms with Gasteiger partial charge in [-0.25, -0.2) is 9.97 Å². The molecule has 0 unspecified atom stereocenters. The molecule has 3 rings (SSSR count). The summed E-state index contributed by atoms with van der Waals surface area (Å²) in [4.78, 5) is 22.1. The third-order valence-electron chi connectivity index (χ3n) is 3.20. The van der Waals surface area contributed by atoms with E-state index >= 15 is 0 Å². The first-order valence-corrected chi connectivity index (χ1v) is 7.74. The number of aryl methyl sites for hydroxylation is 2. The number of anilines is 2. The summed E-state index contributed by atoms with van der Waals surface area (Å²) in [6.45, 7) is 3.88. The molecule has 0 fully saturated rings. The second-order valence-corrected chi connectivity index (χ2v) is 6.36. The van der Waals surface area contributed by atoms with Crippen LogP contribution in [0.15, 0.2) is 24.4 Å². The Morgan fingerprint density at radius 2 is 2.14 bits per heavy atom. The van der Waals surface area contributed by atoms with E-state index in [1.165, 1.54) is 17.5 Å². The van der Waals surface area contributed by atoms with Gasteiger partial charge in [0.25, 0.3) is 5.91 Å². The molecule has 0 bridgehead atoms. The molecule has 3 N–H and O–H groups in total. The molecule has 0 saturated carbocycles. The maximum atomic E-state index is 12.4. The fraction of sp³-hybridized carbons (Fsp3) is 0.133. The number of fused-ring (bicyclic) bond motifs is 1. The van der Waals surface area contributed by atoms with E-state index in [-0.39, 0.29) is 5.91 Å². The van der Waals surface area contributed by atoms with Gasteiger partial charge >= 0.3 is 0 Å². The van der Waals surface area contributed by atoms with Gasteiger partial charge in [0, 0.05) is 17.3 Å². The average molecular weight is 333 g/mol. The van der Waals surface area contributed by atoms with Crippen LogP contribution >= 0.6 is 22.9 Å². The lowest BCUT2D eigenvalue weighted by Crippen LogP contribution is -2.12.